The van der Waals surface area contributed by atoms with Crippen LogP contribution < -0.4 is 0 Å². The van der Waals surface area contributed by atoms with E-state index in [0.29, 0.717) is 0 Å². The predicted molar refractivity (Wildman–Crippen MR) is 103 cm³/mol. The largest absolute Gasteiger partial charge is 2.00 e. The minimum absolute atomic E-state index is 0. The quantitative estimate of drug-likeness (QED) is 0.456. The van der Waals surface area contributed by atoms with E-state index in [1.807, 2.05) is 42.5 Å². The molecule has 2 aliphatic rings. The molecule has 2 aromatic carbocycles. The maximum absolute atomic E-state index is 14.3. The Labute approximate surface area is 165 Å². The van der Waals surface area contributed by atoms with Gasteiger partial charge >= 0.3 is 17.1 Å². The molecule has 2 aromatic rings. The molecule has 0 radical (unpaired) electrons. The molecule has 0 amide bonds. The Morgan fingerprint density at radius 3 is 2.31 bits per heavy atom. The molecule has 5 heteroatoms. The third-order valence-electron chi connectivity index (χ3n) is 3.95. The molecule has 1 atom stereocenters. The zero-order valence-electron chi connectivity index (χ0n) is 14.2. The van der Waals surface area contributed by atoms with Crippen LogP contribution in [-0.2, 0) is 27.2 Å². The zero-order chi connectivity index (χ0) is 17.5. The van der Waals surface area contributed by atoms with Crippen molar-refractivity contribution in [1.82, 2.24) is 0 Å². The van der Waals surface area contributed by atoms with Crippen molar-refractivity contribution in [2.24, 2.45) is 4.36 Å². The third-order valence-corrected chi connectivity index (χ3v) is 5.25. The van der Waals surface area contributed by atoms with E-state index < -0.39 is 10.1 Å². The van der Waals surface area contributed by atoms with Crippen LogP contribution in [0.5, 0.6) is 0 Å². The molecule has 4 rings (SSSR count). The van der Waals surface area contributed by atoms with Crippen molar-refractivity contribution in [2.45, 2.75) is 17.7 Å². The van der Waals surface area contributed by atoms with E-state index in [2.05, 4.69) is 28.7 Å². The summed E-state index contributed by atoms with van der Waals surface area (Å²) >= 11 is 0. The van der Waals surface area contributed by atoms with Crippen molar-refractivity contribution >= 4 is 20.9 Å². The summed E-state index contributed by atoms with van der Waals surface area (Å²) in [6.07, 6.45) is 16.0. The molecule has 0 saturated carbocycles. The van der Waals surface area contributed by atoms with E-state index in [-0.39, 0.29) is 28.5 Å². The number of allylic oxidation sites excluding steroid dienone is 7. The van der Waals surface area contributed by atoms with Gasteiger partial charge in [-0.1, -0.05) is 72.9 Å². The van der Waals surface area contributed by atoms with Gasteiger partial charge in [-0.05, 0) is 41.3 Å². The predicted octanol–water partition coefficient (Wildman–Crippen LogP) is 5.94. The van der Waals surface area contributed by atoms with Gasteiger partial charge in [0.2, 0.25) is 10.1 Å². The molecule has 0 aliphatic heterocycles. The molecule has 0 N–H and O–H groups in total. The van der Waals surface area contributed by atoms with Crippen LogP contribution in [0, 0.1) is 0 Å². The number of benzene rings is 2. The third kappa shape index (κ3) is 5.53. The van der Waals surface area contributed by atoms with Crippen molar-refractivity contribution in [2.75, 3.05) is 6.54 Å². The second-order valence-electron chi connectivity index (χ2n) is 5.80. The molecule has 0 fully saturated rings. The fourth-order valence-electron chi connectivity index (χ4n) is 2.57. The van der Waals surface area contributed by atoms with Gasteiger partial charge in [-0.25, -0.2) is 8.57 Å². The maximum atomic E-state index is 14.3. The maximum Gasteiger partial charge on any atom is 2.00 e. The minimum atomic E-state index is -3.83. The van der Waals surface area contributed by atoms with E-state index >= 15 is 0 Å². The Morgan fingerprint density at radius 2 is 1.69 bits per heavy atom. The SMILES string of the molecule is C1=CCC=C1.O=[S@](F)(=NCC1=CC=CC1)c1ccc2ccccc2c1.[Fe+2]. The second kappa shape index (κ2) is 9.67. The van der Waals surface area contributed by atoms with Crippen molar-refractivity contribution < 1.29 is 25.2 Å². The Hall–Kier alpha value is -1.94. The monoisotopic (exact) mass is 409 g/mol. The molecule has 0 heterocycles. The van der Waals surface area contributed by atoms with E-state index in [9.17, 15) is 8.09 Å². The standard InChI is InChI=1S/C16H14FNOS.C5H6.Fe/c17-20(19,18-12-13-5-1-2-6-13)16-10-9-14-7-3-4-8-15(14)11-16;1-2-4-5-3-1;/h1-5,7-11H,6,12H2;1-4H,5H2;/q;;+2/t20-;;/m1../s1. The number of fused-ring (bicyclic) bond motifs is 1. The van der Waals surface area contributed by atoms with Gasteiger partial charge in [0.15, 0.2) is 0 Å². The number of hydrogen-bond donors (Lipinski definition) is 0. The van der Waals surface area contributed by atoms with Crippen LogP contribution >= 0.6 is 0 Å². The fourth-order valence-corrected chi connectivity index (χ4v) is 3.56. The van der Waals surface area contributed by atoms with Crippen LogP contribution in [0.2, 0.25) is 0 Å². The Kier molecular flexibility index (Phi) is 7.58. The van der Waals surface area contributed by atoms with Gasteiger partial charge in [0, 0.05) is 0 Å². The summed E-state index contributed by atoms with van der Waals surface area (Å²) in [6, 6.07) is 12.5. The van der Waals surface area contributed by atoms with Crippen molar-refractivity contribution in [3.05, 3.63) is 90.6 Å². The first-order valence-corrected chi connectivity index (χ1v) is 9.64. The molecule has 26 heavy (non-hydrogen) atoms. The molecule has 0 spiro atoms. The van der Waals surface area contributed by atoms with Gasteiger partial charge in [0.1, 0.15) is 0 Å². The van der Waals surface area contributed by atoms with Crippen LogP contribution in [0.4, 0.5) is 3.89 Å². The summed E-state index contributed by atoms with van der Waals surface area (Å²) in [5, 5.41) is 1.86. The van der Waals surface area contributed by atoms with Crippen molar-refractivity contribution in [3.63, 3.8) is 0 Å². The van der Waals surface area contributed by atoms with Gasteiger partial charge in [-0.15, -0.1) is 3.89 Å². The molecule has 2 aliphatic carbocycles. The van der Waals surface area contributed by atoms with Crippen molar-refractivity contribution in [3.8, 4) is 0 Å². The molecule has 0 saturated heterocycles. The molecule has 0 aromatic heterocycles. The average molecular weight is 409 g/mol. The van der Waals surface area contributed by atoms with Crippen molar-refractivity contribution in [1.29, 1.82) is 0 Å². The van der Waals surface area contributed by atoms with Crippen LogP contribution in [-0.4, -0.2) is 10.8 Å². The first kappa shape index (κ1) is 20.4. The molecule has 2 nitrogen and oxygen atoms in total. The summed E-state index contributed by atoms with van der Waals surface area (Å²) < 4.78 is 30.2. The topological polar surface area (TPSA) is 29.4 Å². The van der Waals surface area contributed by atoms with E-state index in [1.54, 1.807) is 18.2 Å². The Bertz CT molecular complexity index is 988. The first-order chi connectivity index (χ1) is 12.1. The minimum Gasteiger partial charge on any atom is -0.211 e. The number of halogens is 1. The van der Waals surface area contributed by atoms with Gasteiger partial charge in [0.05, 0.1) is 11.4 Å². The average Bonchev–Trinajstić information content (AvgIpc) is 3.35. The van der Waals surface area contributed by atoms with E-state index in [4.69, 9.17) is 0 Å². The summed E-state index contributed by atoms with van der Waals surface area (Å²) in [5.41, 5.74) is 0.983. The summed E-state index contributed by atoms with van der Waals surface area (Å²) in [7, 11) is -3.83. The van der Waals surface area contributed by atoms with Gasteiger partial charge < -0.3 is 0 Å². The Balaban J connectivity index is 0.000000351. The molecular formula is C21H20FFeNOS+2. The second-order valence-corrected chi connectivity index (χ2v) is 7.45. The van der Waals surface area contributed by atoms with Crippen LogP contribution in [0.1, 0.15) is 12.8 Å². The molecule has 0 unspecified atom stereocenters. The summed E-state index contributed by atoms with van der Waals surface area (Å²) in [4.78, 5) is 0.141. The number of nitrogens with zero attached hydrogens (tertiary/aromatic N) is 1. The van der Waals surface area contributed by atoms with E-state index in [0.717, 1.165) is 29.2 Å². The number of rotatable bonds is 3. The zero-order valence-corrected chi connectivity index (χ0v) is 16.1. The van der Waals surface area contributed by atoms with Crippen LogP contribution in [0.3, 0.4) is 0 Å². The summed E-state index contributed by atoms with van der Waals surface area (Å²) in [5.74, 6) is 0. The van der Waals surface area contributed by atoms with Gasteiger partial charge in [-0.3, -0.25) is 0 Å². The number of hydrogen-bond acceptors (Lipinski definition) is 2. The molecule has 0 bridgehead atoms. The van der Waals surface area contributed by atoms with Crippen LogP contribution in [0.15, 0.2) is 99.8 Å². The normalized spacial score (nSPS) is 16.4. The molecule has 134 valence electrons. The first-order valence-electron chi connectivity index (χ1n) is 8.23. The smallest absolute Gasteiger partial charge is 0.211 e. The van der Waals surface area contributed by atoms with Gasteiger partial charge in [0.25, 0.3) is 0 Å². The van der Waals surface area contributed by atoms with E-state index in [1.165, 1.54) is 0 Å². The molecular weight excluding hydrogens is 389 g/mol. The summed E-state index contributed by atoms with van der Waals surface area (Å²) in [6.45, 7) is 0.176. The van der Waals surface area contributed by atoms with Crippen LogP contribution in [0.25, 0.3) is 10.8 Å². The van der Waals surface area contributed by atoms with Gasteiger partial charge in [-0.2, -0.15) is 0 Å². The fraction of sp³-hybridized carbons (Fsp3) is 0.143. The Morgan fingerprint density at radius 1 is 0.962 bits per heavy atom.